The second-order valence-electron chi connectivity index (χ2n) is 3.51. The van der Waals surface area contributed by atoms with Crippen molar-refractivity contribution in [2.45, 2.75) is 25.9 Å². The Bertz CT molecular complexity index is 233. The number of methoxy groups -OCH3 is 1. The van der Waals surface area contributed by atoms with E-state index in [1.54, 1.807) is 28.0 Å². The molecule has 2 amide bonds. The molecule has 0 radical (unpaired) electrons. The van der Waals surface area contributed by atoms with Crippen molar-refractivity contribution in [1.29, 1.82) is 0 Å². The third-order valence-electron chi connectivity index (χ3n) is 2.14. The van der Waals surface area contributed by atoms with Crippen LogP contribution in [0.4, 0.5) is 0 Å². The van der Waals surface area contributed by atoms with Gasteiger partial charge in [0.15, 0.2) is 0 Å². The fourth-order valence-electron chi connectivity index (χ4n) is 1.17. The SMILES string of the molecule is CNC(=O)C(C)NC(C)C(=O)NCCOC. The van der Waals surface area contributed by atoms with Gasteiger partial charge in [-0.25, -0.2) is 0 Å². The van der Waals surface area contributed by atoms with Gasteiger partial charge in [-0.1, -0.05) is 0 Å². The predicted octanol–water partition coefficient (Wildman–Crippen LogP) is -1.14. The van der Waals surface area contributed by atoms with E-state index >= 15 is 0 Å². The molecule has 6 heteroatoms. The summed E-state index contributed by atoms with van der Waals surface area (Å²) in [4.78, 5) is 22.7. The Labute approximate surface area is 96.1 Å². The van der Waals surface area contributed by atoms with Crippen LogP contribution >= 0.6 is 0 Å². The van der Waals surface area contributed by atoms with E-state index in [1.165, 1.54) is 0 Å². The van der Waals surface area contributed by atoms with Crippen molar-refractivity contribution in [2.75, 3.05) is 27.3 Å². The largest absolute Gasteiger partial charge is 0.383 e. The second-order valence-corrected chi connectivity index (χ2v) is 3.51. The number of hydrogen-bond donors (Lipinski definition) is 3. The summed E-state index contributed by atoms with van der Waals surface area (Å²) in [6.07, 6.45) is 0. The Kier molecular flexibility index (Phi) is 7.49. The van der Waals surface area contributed by atoms with Crippen LogP contribution in [0.2, 0.25) is 0 Å². The monoisotopic (exact) mass is 231 g/mol. The molecule has 0 bridgehead atoms. The Balaban J connectivity index is 3.90. The molecule has 0 aromatic heterocycles. The smallest absolute Gasteiger partial charge is 0.236 e. The van der Waals surface area contributed by atoms with Gasteiger partial charge in [0.2, 0.25) is 11.8 Å². The van der Waals surface area contributed by atoms with Crippen LogP contribution < -0.4 is 16.0 Å². The Morgan fingerprint density at radius 2 is 1.75 bits per heavy atom. The molecule has 0 fully saturated rings. The molecule has 0 aromatic rings. The number of nitrogens with one attached hydrogen (secondary N) is 3. The molecule has 94 valence electrons. The van der Waals surface area contributed by atoms with Gasteiger partial charge in [0, 0.05) is 20.7 Å². The maximum absolute atomic E-state index is 11.5. The molecule has 2 atom stereocenters. The Morgan fingerprint density at radius 3 is 2.25 bits per heavy atom. The van der Waals surface area contributed by atoms with Crippen LogP contribution in [0.25, 0.3) is 0 Å². The van der Waals surface area contributed by atoms with Gasteiger partial charge in [-0.3, -0.25) is 14.9 Å². The number of carbonyl (C=O) groups excluding carboxylic acids is 2. The minimum absolute atomic E-state index is 0.142. The van der Waals surface area contributed by atoms with Crippen LogP contribution in [0.15, 0.2) is 0 Å². The maximum atomic E-state index is 11.5. The summed E-state index contributed by atoms with van der Waals surface area (Å²) in [6, 6.07) is -0.808. The molecule has 6 nitrogen and oxygen atoms in total. The van der Waals surface area contributed by atoms with Gasteiger partial charge < -0.3 is 15.4 Å². The maximum Gasteiger partial charge on any atom is 0.236 e. The minimum Gasteiger partial charge on any atom is -0.383 e. The first-order valence-corrected chi connectivity index (χ1v) is 5.27. The lowest BCUT2D eigenvalue weighted by atomic mass is 10.2. The summed E-state index contributed by atoms with van der Waals surface area (Å²) in [6.45, 7) is 4.36. The highest BCUT2D eigenvalue weighted by atomic mass is 16.5. The highest BCUT2D eigenvalue weighted by Crippen LogP contribution is 1.88. The van der Waals surface area contributed by atoms with Crippen LogP contribution in [-0.2, 0) is 14.3 Å². The third kappa shape index (κ3) is 5.67. The van der Waals surface area contributed by atoms with Crippen molar-refractivity contribution in [3.8, 4) is 0 Å². The fourth-order valence-corrected chi connectivity index (χ4v) is 1.17. The summed E-state index contributed by atoms with van der Waals surface area (Å²) >= 11 is 0. The summed E-state index contributed by atoms with van der Waals surface area (Å²) in [5.74, 6) is -0.288. The topological polar surface area (TPSA) is 79.5 Å². The van der Waals surface area contributed by atoms with E-state index in [0.29, 0.717) is 13.2 Å². The van der Waals surface area contributed by atoms with Crippen LogP contribution in [0.5, 0.6) is 0 Å². The first kappa shape index (κ1) is 14.9. The average molecular weight is 231 g/mol. The Hall–Kier alpha value is -1.14. The van der Waals surface area contributed by atoms with Gasteiger partial charge in [0.25, 0.3) is 0 Å². The summed E-state index contributed by atoms with van der Waals surface area (Å²) in [5.41, 5.74) is 0. The average Bonchev–Trinajstić information content (AvgIpc) is 2.27. The van der Waals surface area contributed by atoms with Crippen molar-refractivity contribution in [2.24, 2.45) is 0 Å². The molecule has 0 heterocycles. The summed E-state index contributed by atoms with van der Waals surface area (Å²) in [7, 11) is 3.13. The van der Waals surface area contributed by atoms with Crippen LogP contribution in [0.1, 0.15) is 13.8 Å². The van der Waals surface area contributed by atoms with Crippen molar-refractivity contribution < 1.29 is 14.3 Å². The lowest BCUT2D eigenvalue weighted by molar-refractivity contribution is -0.125. The second kappa shape index (κ2) is 8.06. The normalized spacial score (nSPS) is 14.0. The number of ether oxygens (including phenoxy) is 1. The van der Waals surface area contributed by atoms with Gasteiger partial charge in [0.05, 0.1) is 18.7 Å². The van der Waals surface area contributed by atoms with E-state index in [2.05, 4.69) is 16.0 Å². The van der Waals surface area contributed by atoms with E-state index in [-0.39, 0.29) is 11.8 Å². The molecule has 16 heavy (non-hydrogen) atoms. The lowest BCUT2D eigenvalue weighted by Gasteiger charge is -2.18. The van der Waals surface area contributed by atoms with Crippen molar-refractivity contribution >= 4 is 11.8 Å². The number of likely N-dealkylation sites (N-methyl/N-ethyl adjacent to an activating group) is 1. The fraction of sp³-hybridized carbons (Fsp3) is 0.800. The van der Waals surface area contributed by atoms with E-state index in [4.69, 9.17) is 4.74 Å². The molecule has 0 aliphatic carbocycles. The van der Waals surface area contributed by atoms with Crippen LogP contribution in [0.3, 0.4) is 0 Å². The van der Waals surface area contributed by atoms with Crippen LogP contribution in [0, 0.1) is 0 Å². The molecule has 0 rings (SSSR count). The molecule has 0 saturated heterocycles. The number of amides is 2. The molecule has 0 aromatic carbocycles. The molecular formula is C10H21N3O3. The van der Waals surface area contributed by atoms with Crippen LogP contribution in [-0.4, -0.2) is 51.2 Å². The number of hydrogen-bond acceptors (Lipinski definition) is 4. The highest BCUT2D eigenvalue weighted by molar-refractivity contribution is 5.84. The van der Waals surface area contributed by atoms with E-state index in [0.717, 1.165) is 0 Å². The van der Waals surface area contributed by atoms with E-state index in [1.807, 2.05) is 0 Å². The van der Waals surface area contributed by atoms with Gasteiger partial charge in [-0.05, 0) is 13.8 Å². The van der Waals surface area contributed by atoms with E-state index < -0.39 is 12.1 Å². The van der Waals surface area contributed by atoms with Gasteiger partial charge >= 0.3 is 0 Å². The molecule has 0 aliphatic heterocycles. The number of rotatable bonds is 7. The first-order valence-electron chi connectivity index (χ1n) is 5.27. The minimum atomic E-state index is -0.413. The van der Waals surface area contributed by atoms with Crippen molar-refractivity contribution in [1.82, 2.24) is 16.0 Å². The third-order valence-corrected chi connectivity index (χ3v) is 2.14. The first-order chi connectivity index (χ1) is 7.52. The van der Waals surface area contributed by atoms with Crippen molar-refractivity contribution in [3.63, 3.8) is 0 Å². The zero-order valence-electron chi connectivity index (χ0n) is 10.3. The molecule has 0 aliphatic rings. The summed E-state index contributed by atoms with van der Waals surface area (Å²) < 4.78 is 4.81. The quantitative estimate of drug-likeness (QED) is 0.484. The summed E-state index contributed by atoms with van der Waals surface area (Å²) in [5, 5.41) is 8.09. The standard InChI is InChI=1S/C10H21N3O3/c1-7(9(14)11-3)13-8(2)10(15)12-5-6-16-4/h7-8,13H,5-6H2,1-4H3,(H,11,14)(H,12,15). The lowest BCUT2D eigenvalue weighted by Crippen LogP contribution is -2.50. The zero-order valence-corrected chi connectivity index (χ0v) is 10.3. The zero-order chi connectivity index (χ0) is 12.6. The van der Waals surface area contributed by atoms with Gasteiger partial charge in [0.1, 0.15) is 0 Å². The van der Waals surface area contributed by atoms with Crippen molar-refractivity contribution in [3.05, 3.63) is 0 Å². The van der Waals surface area contributed by atoms with Gasteiger partial charge in [-0.15, -0.1) is 0 Å². The van der Waals surface area contributed by atoms with E-state index in [9.17, 15) is 9.59 Å². The molecule has 0 spiro atoms. The number of carbonyl (C=O) groups is 2. The predicted molar refractivity (Wildman–Crippen MR) is 61.0 cm³/mol. The molecule has 0 saturated carbocycles. The van der Waals surface area contributed by atoms with Gasteiger partial charge in [-0.2, -0.15) is 0 Å². The molecule has 3 N–H and O–H groups in total. The Morgan fingerprint density at radius 1 is 1.19 bits per heavy atom. The molecular weight excluding hydrogens is 210 g/mol. The highest BCUT2D eigenvalue weighted by Gasteiger charge is 2.18. The molecule has 2 unspecified atom stereocenters.